The first-order valence-corrected chi connectivity index (χ1v) is 7.80. The van der Waals surface area contributed by atoms with Crippen LogP contribution in [0.3, 0.4) is 0 Å². The Bertz CT molecular complexity index is 528. The highest BCUT2D eigenvalue weighted by Crippen LogP contribution is 2.38. The predicted molar refractivity (Wildman–Crippen MR) is 82.3 cm³/mol. The summed E-state index contributed by atoms with van der Waals surface area (Å²) in [6.45, 7) is 10.0. The lowest BCUT2D eigenvalue weighted by Gasteiger charge is -2.41. The lowest BCUT2D eigenvalue weighted by molar-refractivity contribution is -0.152. The molecule has 0 aliphatic carbocycles. The van der Waals surface area contributed by atoms with Gasteiger partial charge in [0.2, 0.25) is 0 Å². The van der Waals surface area contributed by atoms with E-state index in [-0.39, 0.29) is 0 Å². The van der Waals surface area contributed by atoms with Crippen molar-refractivity contribution in [3.8, 4) is 0 Å². The molecular formula is C16H27N3O2. The van der Waals surface area contributed by atoms with E-state index < -0.39 is 11.4 Å². The normalized spacial score (nSPS) is 20.4. The van der Waals surface area contributed by atoms with E-state index in [4.69, 9.17) is 0 Å². The summed E-state index contributed by atoms with van der Waals surface area (Å²) < 4.78 is 1.93. The van der Waals surface area contributed by atoms with Crippen LogP contribution in [0.4, 0.5) is 0 Å². The van der Waals surface area contributed by atoms with Gasteiger partial charge in [0.1, 0.15) is 0 Å². The van der Waals surface area contributed by atoms with E-state index in [9.17, 15) is 9.90 Å². The first-order chi connectivity index (χ1) is 9.82. The molecule has 1 saturated heterocycles. The molecule has 0 aromatic carbocycles. The van der Waals surface area contributed by atoms with Gasteiger partial charge >= 0.3 is 5.97 Å². The number of rotatable bonds is 4. The number of piperidine rings is 1. The van der Waals surface area contributed by atoms with Gasteiger partial charge in [0.25, 0.3) is 0 Å². The lowest BCUT2D eigenvalue weighted by atomic mass is 9.76. The van der Waals surface area contributed by atoms with Gasteiger partial charge in [-0.15, -0.1) is 0 Å². The van der Waals surface area contributed by atoms with E-state index in [0.29, 0.717) is 6.04 Å². The van der Waals surface area contributed by atoms with Crippen LogP contribution in [0.25, 0.3) is 0 Å². The third kappa shape index (κ3) is 2.71. The number of carboxylic acid groups (broad SMARTS) is 1. The summed E-state index contributed by atoms with van der Waals surface area (Å²) in [5, 5.41) is 14.0. The molecule has 0 amide bonds. The quantitative estimate of drug-likeness (QED) is 0.927. The molecule has 1 fully saturated rings. The maximum Gasteiger partial charge on any atom is 0.309 e. The molecule has 1 aromatic rings. The summed E-state index contributed by atoms with van der Waals surface area (Å²) in [6, 6.07) is 0.294. The lowest BCUT2D eigenvalue weighted by Crippen LogP contribution is -2.45. The molecule has 0 spiro atoms. The van der Waals surface area contributed by atoms with Crippen LogP contribution in [0.5, 0.6) is 0 Å². The number of likely N-dealkylation sites (tertiary alicyclic amines) is 1. The van der Waals surface area contributed by atoms with Crippen LogP contribution in [-0.2, 0) is 11.8 Å². The Kier molecular flexibility index (Phi) is 4.42. The molecule has 1 unspecified atom stereocenters. The Balaban J connectivity index is 2.13. The number of hydrogen-bond donors (Lipinski definition) is 1. The Hall–Kier alpha value is -1.36. The van der Waals surface area contributed by atoms with E-state index >= 15 is 0 Å². The van der Waals surface area contributed by atoms with Crippen molar-refractivity contribution in [3.63, 3.8) is 0 Å². The van der Waals surface area contributed by atoms with E-state index in [1.165, 1.54) is 11.3 Å². The maximum absolute atomic E-state index is 11.5. The van der Waals surface area contributed by atoms with Gasteiger partial charge in [-0.1, -0.05) is 6.92 Å². The van der Waals surface area contributed by atoms with Crippen LogP contribution in [0.15, 0.2) is 0 Å². The molecule has 2 rings (SSSR count). The Morgan fingerprint density at radius 2 is 1.95 bits per heavy atom. The van der Waals surface area contributed by atoms with E-state index in [0.717, 1.165) is 38.0 Å². The standard InChI is InChI=1S/C16H27N3O2/c1-6-16(15(20)21)7-9-19(10-8-16)13(4)14-11(2)17-18(5)12(14)3/h13H,6-10H2,1-5H3,(H,20,21). The smallest absolute Gasteiger partial charge is 0.309 e. The van der Waals surface area contributed by atoms with Crippen LogP contribution in [0.2, 0.25) is 0 Å². The number of aryl methyl sites for hydroxylation is 2. The number of hydrogen-bond acceptors (Lipinski definition) is 3. The van der Waals surface area contributed by atoms with Crippen LogP contribution in [0.1, 0.15) is 56.1 Å². The third-order valence-electron chi connectivity index (χ3n) is 5.42. The summed E-state index contributed by atoms with van der Waals surface area (Å²) >= 11 is 0. The van der Waals surface area contributed by atoms with Gasteiger partial charge < -0.3 is 5.11 Å². The van der Waals surface area contributed by atoms with Crippen molar-refractivity contribution in [2.75, 3.05) is 13.1 Å². The van der Waals surface area contributed by atoms with Crippen LogP contribution in [0, 0.1) is 19.3 Å². The van der Waals surface area contributed by atoms with E-state index in [1.807, 2.05) is 18.7 Å². The molecule has 0 bridgehead atoms. The number of aromatic nitrogens is 2. The predicted octanol–water partition coefficient (Wildman–Crippen LogP) is 2.67. The topological polar surface area (TPSA) is 58.4 Å². The van der Waals surface area contributed by atoms with Crippen LogP contribution >= 0.6 is 0 Å². The van der Waals surface area contributed by atoms with E-state index in [1.54, 1.807) is 0 Å². The SMILES string of the molecule is CCC1(C(=O)O)CCN(C(C)c2c(C)nn(C)c2C)CC1. The second kappa shape index (κ2) is 5.79. The van der Waals surface area contributed by atoms with Crippen molar-refractivity contribution in [2.24, 2.45) is 12.5 Å². The molecule has 5 heteroatoms. The van der Waals surface area contributed by atoms with Crippen molar-refractivity contribution in [3.05, 3.63) is 17.0 Å². The largest absolute Gasteiger partial charge is 0.481 e. The molecule has 1 atom stereocenters. The van der Waals surface area contributed by atoms with Crippen molar-refractivity contribution in [2.45, 2.75) is 53.0 Å². The van der Waals surface area contributed by atoms with Crippen molar-refractivity contribution < 1.29 is 9.90 Å². The fourth-order valence-corrected chi connectivity index (χ4v) is 3.64. The monoisotopic (exact) mass is 293 g/mol. The summed E-state index contributed by atoms with van der Waals surface area (Å²) in [5.74, 6) is -0.633. The molecule has 5 nitrogen and oxygen atoms in total. The summed E-state index contributed by atoms with van der Waals surface area (Å²) in [6.07, 6.45) is 2.19. The molecule has 1 aromatic heterocycles. The molecule has 1 N–H and O–H groups in total. The Morgan fingerprint density at radius 3 is 2.33 bits per heavy atom. The van der Waals surface area contributed by atoms with Gasteiger partial charge in [0.15, 0.2) is 0 Å². The van der Waals surface area contributed by atoms with Gasteiger partial charge in [0.05, 0.1) is 11.1 Å². The zero-order valence-corrected chi connectivity index (χ0v) is 13.8. The number of nitrogens with zero attached hydrogens (tertiary/aromatic N) is 3. The second-order valence-electron chi connectivity index (χ2n) is 6.36. The highest BCUT2D eigenvalue weighted by Gasteiger charge is 2.41. The second-order valence-corrected chi connectivity index (χ2v) is 6.36. The molecule has 1 aliphatic rings. The van der Waals surface area contributed by atoms with Gasteiger partial charge in [-0.2, -0.15) is 5.10 Å². The molecule has 21 heavy (non-hydrogen) atoms. The van der Waals surface area contributed by atoms with Gasteiger partial charge in [-0.05, 0) is 53.1 Å². The van der Waals surface area contributed by atoms with Crippen molar-refractivity contribution in [1.29, 1.82) is 0 Å². The van der Waals surface area contributed by atoms with Gasteiger partial charge in [-0.25, -0.2) is 0 Å². The Labute approximate surface area is 126 Å². The minimum Gasteiger partial charge on any atom is -0.481 e. The maximum atomic E-state index is 11.5. The molecule has 2 heterocycles. The molecular weight excluding hydrogens is 266 g/mol. The minimum absolute atomic E-state index is 0.294. The summed E-state index contributed by atoms with van der Waals surface area (Å²) in [4.78, 5) is 13.9. The number of aliphatic carboxylic acids is 1. The first kappa shape index (κ1) is 16.0. The zero-order chi connectivity index (χ0) is 15.8. The highest BCUT2D eigenvalue weighted by molar-refractivity contribution is 5.74. The zero-order valence-electron chi connectivity index (χ0n) is 13.8. The Morgan fingerprint density at radius 1 is 1.38 bits per heavy atom. The molecule has 0 radical (unpaired) electrons. The van der Waals surface area contributed by atoms with E-state index in [2.05, 4.69) is 30.8 Å². The van der Waals surface area contributed by atoms with Gasteiger partial charge in [-0.3, -0.25) is 14.4 Å². The molecule has 0 saturated carbocycles. The number of carboxylic acids is 1. The van der Waals surface area contributed by atoms with Gasteiger partial charge in [0, 0.05) is 24.3 Å². The molecule has 118 valence electrons. The van der Waals surface area contributed by atoms with Crippen molar-refractivity contribution >= 4 is 5.97 Å². The van der Waals surface area contributed by atoms with Crippen LogP contribution in [-0.4, -0.2) is 38.8 Å². The highest BCUT2D eigenvalue weighted by atomic mass is 16.4. The summed E-state index contributed by atoms with van der Waals surface area (Å²) in [7, 11) is 1.97. The fraction of sp³-hybridized carbons (Fsp3) is 0.750. The van der Waals surface area contributed by atoms with Crippen LogP contribution < -0.4 is 0 Å². The minimum atomic E-state index is -0.633. The fourth-order valence-electron chi connectivity index (χ4n) is 3.64. The number of carbonyl (C=O) groups is 1. The summed E-state index contributed by atoms with van der Waals surface area (Å²) in [5.41, 5.74) is 3.05. The molecule has 1 aliphatic heterocycles. The third-order valence-corrected chi connectivity index (χ3v) is 5.42. The average molecular weight is 293 g/mol. The average Bonchev–Trinajstić information content (AvgIpc) is 2.71. The van der Waals surface area contributed by atoms with Crippen molar-refractivity contribution in [1.82, 2.24) is 14.7 Å². The first-order valence-electron chi connectivity index (χ1n) is 7.80.